The fraction of sp³-hybridized carbons (Fsp3) is 0.750. The monoisotopic (exact) mass is 205 g/mol. The molecule has 0 rings (SSSR count). The molecule has 0 aliphatic carbocycles. The van der Waals surface area contributed by atoms with Crippen LogP contribution in [-0.2, 0) is 0 Å². The van der Waals surface area contributed by atoms with E-state index in [-0.39, 0.29) is 0 Å². The quantitative estimate of drug-likeness (QED) is 0.748. The van der Waals surface area contributed by atoms with Crippen molar-refractivity contribution in [1.82, 2.24) is 5.32 Å². The van der Waals surface area contributed by atoms with Gasteiger partial charge in [-0.15, -0.1) is 0 Å². The second-order valence-electron chi connectivity index (χ2n) is 3.68. The highest BCUT2D eigenvalue weighted by molar-refractivity contribution is 9.11. The summed E-state index contributed by atoms with van der Waals surface area (Å²) in [5.41, 5.74) is 0.364. The molecule has 0 saturated heterocycles. The Morgan fingerprint density at radius 3 is 2.30 bits per heavy atom. The maximum absolute atomic E-state index is 3.73. The van der Waals surface area contributed by atoms with Crippen LogP contribution in [0.3, 0.4) is 0 Å². The second-order valence-corrected chi connectivity index (χ2v) is 4.80. The van der Waals surface area contributed by atoms with Crippen molar-refractivity contribution in [3.8, 4) is 0 Å². The summed E-state index contributed by atoms with van der Waals surface area (Å²) in [5.74, 6) is 0. The highest BCUT2D eigenvalue weighted by Crippen LogP contribution is 2.10. The lowest BCUT2D eigenvalue weighted by atomic mass is 9.97. The highest BCUT2D eigenvalue weighted by Gasteiger charge is 2.08. The standard InChI is InChI=1S/C8H16BrN/c1-7(9)5-10-6-8(2,3)4/h10H,1,5-6H2,2-4H3. The van der Waals surface area contributed by atoms with Crippen LogP contribution >= 0.6 is 15.9 Å². The molecule has 0 amide bonds. The molecule has 1 N–H and O–H groups in total. The minimum Gasteiger partial charge on any atom is -0.312 e. The third-order valence-electron chi connectivity index (χ3n) is 0.972. The van der Waals surface area contributed by atoms with Crippen molar-refractivity contribution in [2.75, 3.05) is 13.1 Å². The van der Waals surface area contributed by atoms with Gasteiger partial charge < -0.3 is 5.32 Å². The minimum absolute atomic E-state index is 0.364. The van der Waals surface area contributed by atoms with Crippen molar-refractivity contribution in [2.45, 2.75) is 20.8 Å². The Bertz CT molecular complexity index is 113. The zero-order valence-electron chi connectivity index (χ0n) is 7.00. The first kappa shape index (κ1) is 10.2. The smallest absolute Gasteiger partial charge is 0.0265 e. The van der Waals surface area contributed by atoms with Crippen molar-refractivity contribution >= 4 is 15.9 Å². The van der Waals surface area contributed by atoms with E-state index in [4.69, 9.17) is 0 Å². The highest BCUT2D eigenvalue weighted by atomic mass is 79.9. The first-order valence-corrected chi connectivity index (χ1v) is 4.25. The molecule has 2 heteroatoms. The summed E-state index contributed by atoms with van der Waals surface area (Å²) in [6, 6.07) is 0. The molecule has 0 atom stereocenters. The number of hydrogen-bond donors (Lipinski definition) is 1. The second kappa shape index (κ2) is 4.14. The summed E-state index contributed by atoms with van der Waals surface area (Å²) < 4.78 is 1.01. The summed E-state index contributed by atoms with van der Waals surface area (Å²) in [7, 11) is 0. The van der Waals surface area contributed by atoms with Gasteiger partial charge in [-0.3, -0.25) is 0 Å². The lowest BCUT2D eigenvalue weighted by Gasteiger charge is -2.18. The van der Waals surface area contributed by atoms with E-state index < -0.39 is 0 Å². The molecule has 0 aromatic carbocycles. The van der Waals surface area contributed by atoms with Gasteiger partial charge >= 0.3 is 0 Å². The fourth-order valence-corrected chi connectivity index (χ4v) is 0.771. The normalized spacial score (nSPS) is 11.6. The van der Waals surface area contributed by atoms with Crippen LogP contribution in [0.25, 0.3) is 0 Å². The van der Waals surface area contributed by atoms with Crippen molar-refractivity contribution in [1.29, 1.82) is 0 Å². The third kappa shape index (κ3) is 8.18. The summed E-state index contributed by atoms with van der Waals surface area (Å²) in [5, 5.41) is 3.28. The third-order valence-corrected chi connectivity index (χ3v) is 1.25. The summed E-state index contributed by atoms with van der Waals surface area (Å²) in [6.07, 6.45) is 0. The molecule has 10 heavy (non-hydrogen) atoms. The molecule has 0 aliphatic rings. The SMILES string of the molecule is C=C(Br)CNCC(C)(C)C. The van der Waals surface area contributed by atoms with E-state index in [1.807, 2.05) is 0 Å². The van der Waals surface area contributed by atoms with Gasteiger partial charge in [0.15, 0.2) is 0 Å². The Hall–Kier alpha value is 0.180. The first-order chi connectivity index (χ1) is 4.42. The van der Waals surface area contributed by atoms with Gasteiger partial charge in [0.1, 0.15) is 0 Å². The number of hydrogen-bond acceptors (Lipinski definition) is 1. The van der Waals surface area contributed by atoms with Crippen molar-refractivity contribution < 1.29 is 0 Å². The van der Waals surface area contributed by atoms with Gasteiger partial charge in [0.2, 0.25) is 0 Å². The Morgan fingerprint density at radius 2 is 2.00 bits per heavy atom. The molecular formula is C8H16BrN. The average molecular weight is 206 g/mol. The molecule has 0 spiro atoms. The Morgan fingerprint density at radius 1 is 1.50 bits per heavy atom. The molecule has 0 radical (unpaired) electrons. The lowest BCUT2D eigenvalue weighted by molar-refractivity contribution is 0.388. The van der Waals surface area contributed by atoms with E-state index in [0.717, 1.165) is 17.6 Å². The van der Waals surface area contributed by atoms with Crippen LogP contribution in [0.15, 0.2) is 11.1 Å². The maximum Gasteiger partial charge on any atom is 0.0265 e. The Kier molecular flexibility index (Phi) is 4.22. The van der Waals surface area contributed by atoms with Crippen LogP contribution in [-0.4, -0.2) is 13.1 Å². The van der Waals surface area contributed by atoms with Gasteiger partial charge in [-0.25, -0.2) is 0 Å². The van der Waals surface area contributed by atoms with Crippen LogP contribution in [0.4, 0.5) is 0 Å². The van der Waals surface area contributed by atoms with Crippen molar-refractivity contribution in [3.05, 3.63) is 11.1 Å². The Labute approximate surface area is 72.0 Å². The van der Waals surface area contributed by atoms with Gasteiger partial charge in [-0.1, -0.05) is 43.3 Å². The lowest BCUT2D eigenvalue weighted by Crippen LogP contribution is -2.27. The summed E-state index contributed by atoms with van der Waals surface area (Å²) >= 11 is 3.29. The molecule has 0 fully saturated rings. The first-order valence-electron chi connectivity index (χ1n) is 3.46. The van der Waals surface area contributed by atoms with Crippen molar-refractivity contribution in [3.63, 3.8) is 0 Å². The van der Waals surface area contributed by atoms with E-state index in [1.165, 1.54) is 0 Å². The molecule has 0 unspecified atom stereocenters. The molecule has 0 aliphatic heterocycles. The van der Waals surface area contributed by atoms with Crippen molar-refractivity contribution in [2.24, 2.45) is 5.41 Å². The predicted molar refractivity (Wildman–Crippen MR) is 50.4 cm³/mol. The van der Waals surface area contributed by atoms with Gasteiger partial charge in [0, 0.05) is 17.6 Å². The van der Waals surface area contributed by atoms with Crippen LogP contribution < -0.4 is 5.32 Å². The van der Waals surface area contributed by atoms with Gasteiger partial charge in [-0.2, -0.15) is 0 Å². The van der Waals surface area contributed by atoms with Crippen LogP contribution in [0.5, 0.6) is 0 Å². The zero-order valence-corrected chi connectivity index (χ0v) is 8.59. The van der Waals surface area contributed by atoms with E-state index in [2.05, 4.69) is 48.6 Å². The van der Waals surface area contributed by atoms with Crippen LogP contribution in [0, 0.1) is 5.41 Å². The molecule has 0 heterocycles. The van der Waals surface area contributed by atoms with Gasteiger partial charge in [0.25, 0.3) is 0 Å². The zero-order chi connectivity index (χ0) is 8.20. The van der Waals surface area contributed by atoms with E-state index in [9.17, 15) is 0 Å². The number of halogens is 1. The number of rotatable bonds is 3. The molecular weight excluding hydrogens is 190 g/mol. The molecule has 0 bridgehead atoms. The number of nitrogens with one attached hydrogen (secondary N) is 1. The molecule has 0 aromatic heterocycles. The van der Waals surface area contributed by atoms with Crippen LogP contribution in [0.1, 0.15) is 20.8 Å². The summed E-state index contributed by atoms with van der Waals surface area (Å²) in [4.78, 5) is 0. The van der Waals surface area contributed by atoms with Gasteiger partial charge in [0.05, 0.1) is 0 Å². The summed E-state index contributed by atoms with van der Waals surface area (Å²) in [6.45, 7) is 12.2. The predicted octanol–water partition coefficient (Wildman–Crippen LogP) is 2.53. The van der Waals surface area contributed by atoms with Gasteiger partial charge in [-0.05, 0) is 5.41 Å². The minimum atomic E-state index is 0.364. The molecule has 1 nitrogen and oxygen atoms in total. The Balaban J connectivity index is 3.29. The fourth-order valence-electron chi connectivity index (χ4n) is 0.573. The van der Waals surface area contributed by atoms with E-state index in [0.29, 0.717) is 5.41 Å². The van der Waals surface area contributed by atoms with E-state index >= 15 is 0 Å². The average Bonchev–Trinajstić information content (AvgIpc) is 1.59. The van der Waals surface area contributed by atoms with E-state index in [1.54, 1.807) is 0 Å². The molecule has 0 saturated carbocycles. The van der Waals surface area contributed by atoms with Crippen LogP contribution in [0.2, 0.25) is 0 Å². The maximum atomic E-state index is 3.73. The topological polar surface area (TPSA) is 12.0 Å². The molecule has 60 valence electrons. The molecule has 0 aromatic rings. The largest absolute Gasteiger partial charge is 0.312 e.